The summed E-state index contributed by atoms with van der Waals surface area (Å²) in [4.78, 5) is 34.5. The van der Waals surface area contributed by atoms with Gasteiger partial charge in [-0.05, 0) is 36.1 Å². The number of hydrogen-bond acceptors (Lipinski definition) is 5. The maximum atomic E-state index is 13.9. The molecule has 162 valence electrons. The normalized spacial score (nSPS) is 13.4. The van der Waals surface area contributed by atoms with E-state index in [-0.39, 0.29) is 11.5 Å². The molecule has 5 nitrogen and oxygen atoms in total. The lowest BCUT2D eigenvalue weighted by atomic mass is 10.1. The molecule has 0 unspecified atom stereocenters. The van der Waals surface area contributed by atoms with Gasteiger partial charge in [0.1, 0.15) is 4.83 Å². The standard InChI is InChI=1S/C25H23N3O2S2/c1-16-8-6-7-11-20(16)28-24(30)22-19-12-13-27(17(2)29)14-21(19)32-23(22)26-25(28)31-15-18-9-4-3-5-10-18/h3-11H,12-15H2,1-2H3. The number of amides is 1. The van der Waals surface area contributed by atoms with Crippen LogP contribution >= 0.6 is 23.1 Å². The molecule has 1 aliphatic rings. The molecule has 7 heteroatoms. The Morgan fingerprint density at radius 3 is 2.62 bits per heavy atom. The highest BCUT2D eigenvalue weighted by atomic mass is 32.2. The first-order valence-corrected chi connectivity index (χ1v) is 12.4. The van der Waals surface area contributed by atoms with Crippen LogP contribution < -0.4 is 5.56 Å². The highest BCUT2D eigenvalue weighted by molar-refractivity contribution is 7.98. The van der Waals surface area contributed by atoms with Gasteiger partial charge in [-0.15, -0.1) is 11.3 Å². The first kappa shape index (κ1) is 21.0. The van der Waals surface area contributed by atoms with Crippen molar-refractivity contribution in [1.82, 2.24) is 14.5 Å². The predicted octanol–water partition coefficient (Wildman–Crippen LogP) is 4.95. The van der Waals surface area contributed by atoms with E-state index < -0.39 is 0 Å². The Kier molecular flexibility index (Phi) is 5.61. The molecule has 0 saturated carbocycles. The Morgan fingerprint density at radius 2 is 1.88 bits per heavy atom. The fraction of sp³-hybridized carbons (Fsp3) is 0.240. The Balaban J connectivity index is 1.67. The zero-order valence-corrected chi connectivity index (χ0v) is 19.6. The fourth-order valence-corrected chi connectivity index (χ4v) is 6.38. The van der Waals surface area contributed by atoms with Crippen LogP contribution in [0.5, 0.6) is 0 Å². The summed E-state index contributed by atoms with van der Waals surface area (Å²) in [6, 6.07) is 18.2. The number of rotatable bonds is 4. The monoisotopic (exact) mass is 461 g/mol. The molecule has 2 aromatic carbocycles. The van der Waals surface area contributed by atoms with Gasteiger partial charge in [-0.25, -0.2) is 4.98 Å². The molecule has 0 N–H and O–H groups in total. The molecule has 0 atom stereocenters. The van der Waals surface area contributed by atoms with E-state index in [1.807, 2.05) is 54.3 Å². The van der Waals surface area contributed by atoms with Crippen LogP contribution in [0.4, 0.5) is 0 Å². The molecule has 1 amide bonds. The summed E-state index contributed by atoms with van der Waals surface area (Å²) in [5, 5.41) is 1.41. The van der Waals surface area contributed by atoms with Crippen LogP contribution in [0.15, 0.2) is 64.5 Å². The zero-order valence-electron chi connectivity index (χ0n) is 18.0. The smallest absolute Gasteiger partial charge is 0.267 e. The summed E-state index contributed by atoms with van der Waals surface area (Å²) < 4.78 is 1.77. The van der Waals surface area contributed by atoms with Crippen molar-refractivity contribution in [1.29, 1.82) is 0 Å². The van der Waals surface area contributed by atoms with Gasteiger partial charge in [0.2, 0.25) is 5.91 Å². The molecule has 1 aliphatic heterocycles. The summed E-state index contributed by atoms with van der Waals surface area (Å²) in [5.41, 5.74) is 4.12. The second-order valence-electron chi connectivity index (χ2n) is 7.97. The average Bonchev–Trinajstić information content (AvgIpc) is 3.17. The number of carbonyl (C=O) groups is 1. The summed E-state index contributed by atoms with van der Waals surface area (Å²) in [7, 11) is 0. The number of nitrogens with zero attached hydrogens (tertiary/aromatic N) is 3. The van der Waals surface area contributed by atoms with Crippen LogP contribution in [0.2, 0.25) is 0 Å². The van der Waals surface area contributed by atoms with Gasteiger partial charge in [0.15, 0.2) is 5.16 Å². The molecule has 2 aromatic heterocycles. The van der Waals surface area contributed by atoms with Crippen LogP contribution in [0.25, 0.3) is 15.9 Å². The third kappa shape index (κ3) is 3.76. The van der Waals surface area contributed by atoms with Crippen LogP contribution in [0.3, 0.4) is 0 Å². The predicted molar refractivity (Wildman–Crippen MR) is 131 cm³/mol. The average molecular weight is 462 g/mol. The van der Waals surface area contributed by atoms with Gasteiger partial charge >= 0.3 is 0 Å². The number of carbonyl (C=O) groups excluding carboxylic acids is 1. The Morgan fingerprint density at radius 1 is 1.12 bits per heavy atom. The van der Waals surface area contributed by atoms with Crippen LogP contribution in [-0.2, 0) is 23.5 Å². The number of fused-ring (bicyclic) bond motifs is 3. The number of para-hydroxylation sites is 1. The van der Waals surface area contributed by atoms with Gasteiger partial charge < -0.3 is 4.90 Å². The molecule has 0 radical (unpaired) electrons. The minimum Gasteiger partial charge on any atom is -0.337 e. The van der Waals surface area contributed by atoms with E-state index in [9.17, 15) is 9.59 Å². The zero-order chi connectivity index (χ0) is 22.2. The van der Waals surface area contributed by atoms with E-state index in [0.29, 0.717) is 30.1 Å². The second-order valence-corrected chi connectivity index (χ2v) is 10.00. The Hall–Kier alpha value is -2.90. The van der Waals surface area contributed by atoms with Crippen molar-refractivity contribution in [2.24, 2.45) is 0 Å². The molecule has 0 bridgehead atoms. The van der Waals surface area contributed by atoms with Crippen LogP contribution in [0.1, 0.15) is 28.5 Å². The van der Waals surface area contributed by atoms with Crippen molar-refractivity contribution in [3.05, 3.63) is 86.5 Å². The van der Waals surface area contributed by atoms with Crippen LogP contribution in [-0.4, -0.2) is 26.9 Å². The highest BCUT2D eigenvalue weighted by Crippen LogP contribution is 2.35. The lowest BCUT2D eigenvalue weighted by Crippen LogP contribution is -2.34. The maximum Gasteiger partial charge on any atom is 0.267 e. The number of thiophene rings is 1. The van der Waals surface area contributed by atoms with Crippen molar-refractivity contribution < 1.29 is 4.79 Å². The van der Waals surface area contributed by atoms with E-state index in [1.54, 1.807) is 34.6 Å². The van der Waals surface area contributed by atoms with Crippen molar-refractivity contribution in [2.45, 2.75) is 37.7 Å². The molecule has 4 aromatic rings. The minimum atomic E-state index is -0.0198. The molecule has 0 saturated heterocycles. The first-order chi connectivity index (χ1) is 15.5. The largest absolute Gasteiger partial charge is 0.337 e. The number of aromatic nitrogens is 2. The summed E-state index contributed by atoms with van der Waals surface area (Å²) in [5.74, 6) is 0.797. The molecule has 0 fully saturated rings. The molecular weight excluding hydrogens is 438 g/mol. The Labute approximate surface area is 194 Å². The van der Waals surface area contributed by atoms with Crippen molar-refractivity contribution in [3.63, 3.8) is 0 Å². The van der Waals surface area contributed by atoms with Gasteiger partial charge in [-0.1, -0.05) is 60.3 Å². The van der Waals surface area contributed by atoms with E-state index in [2.05, 4.69) is 12.1 Å². The molecule has 0 aliphatic carbocycles. The molecule has 5 rings (SSSR count). The SMILES string of the molecule is CC(=O)N1CCc2c(sc3nc(SCc4ccccc4)n(-c4ccccc4C)c(=O)c23)C1. The topological polar surface area (TPSA) is 55.2 Å². The second kappa shape index (κ2) is 8.56. The summed E-state index contributed by atoms with van der Waals surface area (Å²) >= 11 is 3.13. The van der Waals surface area contributed by atoms with Gasteiger partial charge in [0, 0.05) is 24.1 Å². The molecular formula is C25H23N3O2S2. The lowest BCUT2D eigenvalue weighted by molar-refractivity contribution is -0.129. The summed E-state index contributed by atoms with van der Waals surface area (Å²) in [6.45, 7) is 4.82. The van der Waals surface area contributed by atoms with Crippen LogP contribution in [0, 0.1) is 6.92 Å². The molecule has 0 spiro atoms. The third-order valence-electron chi connectivity index (χ3n) is 5.86. The third-order valence-corrected chi connectivity index (χ3v) is 7.98. The Bertz CT molecular complexity index is 1380. The lowest BCUT2D eigenvalue weighted by Gasteiger charge is -2.25. The van der Waals surface area contributed by atoms with Crippen molar-refractivity contribution in [3.8, 4) is 5.69 Å². The van der Waals surface area contributed by atoms with Gasteiger partial charge in [0.05, 0.1) is 17.6 Å². The van der Waals surface area contributed by atoms with Gasteiger partial charge in [-0.3, -0.25) is 14.2 Å². The van der Waals surface area contributed by atoms with E-state index in [0.717, 1.165) is 32.3 Å². The van der Waals surface area contributed by atoms with Crippen molar-refractivity contribution >= 4 is 39.2 Å². The minimum absolute atomic E-state index is 0.0198. The quantitative estimate of drug-likeness (QED) is 0.319. The fourth-order valence-electron chi connectivity index (χ4n) is 4.14. The van der Waals surface area contributed by atoms with E-state index in [4.69, 9.17) is 4.98 Å². The van der Waals surface area contributed by atoms with E-state index in [1.165, 1.54) is 5.56 Å². The maximum absolute atomic E-state index is 13.9. The molecule has 3 heterocycles. The summed E-state index contributed by atoms with van der Waals surface area (Å²) in [6.07, 6.45) is 0.691. The first-order valence-electron chi connectivity index (χ1n) is 10.6. The highest BCUT2D eigenvalue weighted by Gasteiger charge is 2.26. The number of thioether (sulfide) groups is 1. The van der Waals surface area contributed by atoms with Gasteiger partial charge in [-0.2, -0.15) is 0 Å². The van der Waals surface area contributed by atoms with Gasteiger partial charge in [0.25, 0.3) is 5.56 Å². The van der Waals surface area contributed by atoms with Crippen molar-refractivity contribution in [2.75, 3.05) is 6.54 Å². The number of benzene rings is 2. The molecule has 32 heavy (non-hydrogen) atoms. The van der Waals surface area contributed by atoms with E-state index >= 15 is 0 Å². The number of hydrogen-bond donors (Lipinski definition) is 0. The number of aryl methyl sites for hydroxylation is 1.